The summed E-state index contributed by atoms with van der Waals surface area (Å²) in [5.41, 5.74) is 0.831. The number of ether oxygens (including phenoxy) is 4. The van der Waals surface area contributed by atoms with Crippen LogP contribution in [0.3, 0.4) is 0 Å². The number of amides is 2. The Hall–Kier alpha value is -3.47. The summed E-state index contributed by atoms with van der Waals surface area (Å²) >= 11 is 1.32. The van der Waals surface area contributed by atoms with Crippen molar-refractivity contribution in [1.82, 2.24) is 10.3 Å². The van der Waals surface area contributed by atoms with Gasteiger partial charge >= 0.3 is 0 Å². The first-order valence-electron chi connectivity index (χ1n) is 10.6. The van der Waals surface area contributed by atoms with Gasteiger partial charge in [-0.2, -0.15) is 0 Å². The van der Waals surface area contributed by atoms with Gasteiger partial charge in [-0.3, -0.25) is 14.9 Å². The summed E-state index contributed by atoms with van der Waals surface area (Å²) in [4.78, 5) is 29.0. The van der Waals surface area contributed by atoms with Crippen molar-refractivity contribution in [3.05, 3.63) is 65.2 Å². The molecule has 0 saturated carbocycles. The first-order valence-corrected chi connectivity index (χ1v) is 11.5. The Bertz CT molecular complexity index is 1070. The third-order valence-electron chi connectivity index (χ3n) is 4.60. The molecular weight excluding hydrogens is 458 g/mol. The quantitative estimate of drug-likeness (QED) is 0.290. The predicted octanol–water partition coefficient (Wildman–Crippen LogP) is 4.33. The maximum absolute atomic E-state index is 12.8. The second-order valence-corrected chi connectivity index (χ2v) is 7.95. The fraction of sp³-hybridized carbons (Fsp3) is 0.292. The van der Waals surface area contributed by atoms with Gasteiger partial charge in [0.25, 0.3) is 11.8 Å². The van der Waals surface area contributed by atoms with Crippen molar-refractivity contribution < 1.29 is 28.5 Å². The number of hydrogen-bond donors (Lipinski definition) is 2. The monoisotopic (exact) mass is 485 g/mol. The lowest BCUT2D eigenvalue weighted by atomic mass is 10.1. The number of carbonyl (C=O) groups excluding carboxylic acids is 2. The Balaban J connectivity index is 1.78. The summed E-state index contributed by atoms with van der Waals surface area (Å²) in [7, 11) is 3.13. The van der Waals surface area contributed by atoms with Gasteiger partial charge in [0.1, 0.15) is 17.2 Å². The molecule has 0 bridgehead atoms. The van der Waals surface area contributed by atoms with Crippen molar-refractivity contribution in [3.63, 3.8) is 0 Å². The minimum Gasteiger partial charge on any atom is -0.465 e. The number of aromatic nitrogens is 1. The number of hydrogen-bond acceptors (Lipinski definition) is 8. The highest BCUT2D eigenvalue weighted by Crippen LogP contribution is 2.29. The number of thiazole rings is 1. The van der Waals surface area contributed by atoms with Crippen LogP contribution in [0, 0.1) is 0 Å². The van der Waals surface area contributed by atoms with Gasteiger partial charge < -0.3 is 24.3 Å². The van der Waals surface area contributed by atoms with E-state index in [1.165, 1.54) is 11.3 Å². The maximum atomic E-state index is 12.8. The molecular formula is C24H27N3O6S. The van der Waals surface area contributed by atoms with Crippen molar-refractivity contribution >= 4 is 28.3 Å². The van der Waals surface area contributed by atoms with Gasteiger partial charge in [0, 0.05) is 56.0 Å². The Kier molecular flexibility index (Phi) is 9.39. The Labute approximate surface area is 202 Å². The van der Waals surface area contributed by atoms with Crippen molar-refractivity contribution in [1.29, 1.82) is 0 Å². The molecule has 0 spiro atoms. The molecule has 0 aliphatic carbocycles. The third-order valence-corrected chi connectivity index (χ3v) is 5.29. The summed E-state index contributed by atoms with van der Waals surface area (Å²) in [6, 6.07) is 11.6. The van der Waals surface area contributed by atoms with Gasteiger partial charge in [-0.05, 0) is 36.4 Å². The predicted molar refractivity (Wildman–Crippen MR) is 129 cm³/mol. The molecule has 9 nitrogen and oxygen atoms in total. The summed E-state index contributed by atoms with van der Waals surface area (Å²) < 4.78 is 22.1. The molecule has 0 fully saturated rings. The first kappa shape index (κ1) is 25.2. The van der Waals surface area contributed by atoms with Crippen molar-refractivity contribution in [2.75, 3.05) is 32.7 Å². The zero-order valence-electron chi connectivity index (χ0n) is 19.2. The molecule has 34 heavy (non-hydrogen) atoms. The molecule has 2 N–H and O–H groups in total. The number of nitrogens with one attached hydrogen (secondary N) is 2. The molecule has 10 heteroatoms. The number of nitrogens with zero attached hydrogens (tertiary/aromatic N) is 1. The molecule has 0 saturated heterocycles. The zero-order chi connectivity index (χ0) is 24.3. The second-order valence-electron chi connectivity index (χ2n) is 7.05. The Morgan fingerprint density at radius 2 is 1.76 bits per heavy atom. The van der Waals surface area contributed by atoms with E-state index in [4.69, 9.17) is 18.9 Å². The van der Waals surface area contributed by atoms with Crippen molar-refractivity contribution in [3.8, 4) is 17.2 Å². The van der Waals surface area contributed by atoms with Crippen molar-refractivity contribution in [2.45, 2.75) is 19.6 Å². The van der Waals surface area contributed by atoms with Gasteiger partial charge in [0.15, 0.2) is 11.4 Å². The summed E-state index contributed by atoms with van der Waals surface area (Å²) in [5.74, 6) is 0.759. The van der Waals surface area contributed by atoms with Crippen LogP contribution in [0.25, 0.3) is 0 Å². The SMILES string of the molecule is CCC(OC)Oc1cc(Oc2ccc(C(=O)NCCOC)cc2)cc(C(=O)Nc2nccs2)c1. The number of rotatable bonds is 12. The van der Waals surface area contributed by atoms with E-state index in [1.807, 2.05) is 6.92 Å². The standard InChI is InChI=1S/C24H27N3O6S/c1-4-21(31-3)33-20-14-17(23(29)27-24-26-10-12-34-24)13-19(15-20)32-18-7-5-16(6-8-18)22(28)25-9-11-30-2/h5-8,10,12-15,21H,4,9,11H2,1-3H3,(H,25,28)(H,26,27,29). The molecule has 1 unspecified atom stereocenters. The van der Waals surface area contributed by atoms with Crippen LogP contribution in [-0.4, -0.2) is 50.5 Å². The fourth-order valence-corrected chi connectivity index (χ4v) is 3.44. The Morgan fingerprint density at radius 3 is 2.41 bits per heavy atom. The van der Waals surface area contributed by atoms with Crippen LogP contribution < -0.4 is 20.1 Å². The first-order chi connectivity index (χ1) is 16.5. The fourth-order valence-electron chi connectivity index (χ4n) is 2.91. The van der Waals surface area contributed by atoms with E-state index in [9.17, 15) is 9.59 Å². The van der Waals surface area contributed by atoms with Crippen LogP contribution >= 0.6 is 11.3 Å². The Morgan fingerprint density at radius 1 is 1.00 bits per heavy atom. The highest BCUT2D eigenvalue weighted by molar-refractivity contribution is 7.13. The topological polar surface area (TPSA) is 108 Å². The molecule has 0 aliphatic rings. The highest BCUT2D eigenvalue weighted by atomic mass is 32.1. The van der Waals surface area contributed by atoms with E-state index < -0.39 is 6.29 Å². The second kappa shape index (κ2) is 12.7. The van der Waals surface area contributed by atoms with Gasteiger partial charge in [-0.25, -0.2) is 4.98 Å². The number of anilines is 1. The van der Waals surface area contributed by atoms with Crippen LogP contribution in [0.5, 0.6) is 17.2 Å². The van der Waals surface area contributed by atoms with E-state index in [0.29, 0.717) is 53.1 Å². The molecule has 3 rings (SSSR count). The smallest absolute Gasteiger partial charge is 0.257 e. The summed E-state index contributed by atoms with van der Waals surface area (Å²) in [5, 5.41) is 7.77. The van der Waals surface area contributed by atoms with Gasteiger partial charge in [-0.15, -0.1) is 11.3 Å². The lowest BCUT2D eigenvalue weighted by Crippen LogP contribution is -2.26. The van der Waals surface area contributed by atoms with E-state index >= 15 is 0 Å². The molecule has 2 aromatic carbocycles. The average Bonchev–Trinajstić information content (AvgIpc) is 3.36. The molecule has 1 atom stereocenters. The van der Waals surface area contributed by atoms with Crippen LogP contribution in [0.4, 0.5) is 5.13 Å². The summed E-state index contributed by atoms with van der Waals surface area (Å²) in [6.07, 6.45) is 1.76. The van der Waals surface area contributed by atoms with Crippen LogP contribution in [-0.2, 0) is 9.47 Å². The molecule has 180 valence electrons. The normalized spacial score (nSPS) is 11.5. The zero-order valence-corrected chi connectivity index (χ0v) is 20.0. The van der Waals surface area contributed by atoms with Gasteiger partial charge in [0.2, 0.25) is 0 Å². The van der Waals surface area contributed by atoms with Crippen LogP contribution in [0.2, 0.25) is 0 Å². The van der Waals surface area contributed by atoms with E-state index in [0.717, 1.165) is 0 Å². The molecule has 3 aromatic rings. The molecule has 0 radical (unpaired) electrons. The van der Waals surface area contributed by atoms with E-state index in [2.05, 4.69) is 15.6 Å². The highest BCUT2D eigenvalue weighted by Gasteiger charge is 2.15. The van der Waals surface area contributed by atoms with Crippen LogP contribution in [0.1, 0.15) is 34.1 Å². The van der Waals surface area contributed by atoms with Gasteiger partial charge in [-0.1, -0.05) is 6.92 Å². The minimum absolute atomic E-state index is 0.203. The molecule has 1 heterocycles. The van der Waals surface area contributed by atoms with E-state index in [-0.39, 0.29) is 11.8 Å². The number of methoxy groups -OCH3 is 2. The molecule has 1 aromatic heterocycles. The van der Waals surface area contributed by atoms with Crippen molar-refractivity contribution in [2.24, 2.45) is 0 Å². The van der Waals surface area contributed by atoms with E-state index in [1.54, 1.807) is 68.3 Å². The summed E-state index contributed by atoms with van der Waals surface area (Å²) in [6.45, 7) is 2.79. The minimum atomic E-state index is -0.471. The largest absolute Gasteiger partial charge is 0.465 e. The lowest BCUT2D eigenvalue weighted by molar-refractivity contribution is -0.0549. The van der Waals surface area contributed by atoms with Crippen LogP contribution in [0.15, 0.2) is 54.0 Å². The number of carbonyl (C=O) groups is 2. The molecule has 2 amide bonds. The average molecular weight is 486 g/mol. The third kappa shape index (κ3) is 7.27. The maximum Gasteiger partial charge on any atom is 0.257 e. The lowest BCUT2D eigenvalue weighted by Gasteiger charge is -2.17. The molecule has 0 aliphatic heterocycles. The number of benzene rings is 2. The van der Waals surface area contributed by atoms with Gasteiger partial charge in [0.05, 0.1) is 6.61 Å².